The Morgan fingerprint density at radius 2 is 1.62 bits per heavy atom. The van der Waals surface area contributed by atoms with Gasteiger partial charge in [0.05, 0.1) is 7.11 Å². The van der Waals surface area contributed by atoms with Gasteiger partial charge < -0.3 is 24.5 Å². The summed E-state index contributed by atoms with van der Waals surface area (Å²) in [7, 11) is 3.99. The molecule has 13 heavy (non-hydrogen) atoms. The van der Waals surface area contributed by atoms with Crippen LogP contribution in [0.25, 0.3) is 0 Å². The van der Waals surface area contributed by atoms with E-state index in [2.05, 4.69) is 4.74 Å². The van der Waals surface area contributed by atoms with E-state index in [0.29, 0.717) is 0 Å². The molecule has 0 saturated heterocycles. The van der Waals surface area contributed by atoms with E-state index in [1.54, 1.807) is 0 Å². The molecule has 0 heterocycles. The summed E-state index contributed by atoms with van der Waals surface area (Å²) in [5.74, 6) is -0.640. The Kier molecular flexibility index (Phi) is 14.7. The van der Waals surface area contributed by atoms with Crippen molar-refractivity contribution < 1.29 is 54.0 Å². The summed E-state index contributed by atoms with van der Waals surface area (Å²) in [4.78, 5) is 10.7. The Morgan fingerprint density at radius 3 is 1.85 bits per heavy atom. The van der Waals surface area contributed by atoms with Crippen LogP contribution in [-0.2, 0) is 19.0 Å². The molecule has 0 rings (SSSR count). The van der Waals surface area contributed by atoms with Crippen LogP contribution in [0.4, 0.5) is 0 Å². The zero-order chi connectivity index (χ0) is 8.85. The minimum absolute atomic E-state index is 0. The van der Waals surface area contributed by atoms with Crippen LogP contribution in [0.3, 0.4) is 0 Å². The molecule has 5 nitrogen and oxygen atoms in total. The standard InChI is InChI=1S/C7H11O4.Na.H2O/c1-5(6(8)9-2)7(10-3)11-4;;/h1,7H,2-4H3;;1H2/q-1;+1;/p-1. The van der Waals surface area contributed by atoms with Gasteiger partial charge in [0.25, 0.3) is 0 Å². The fraction of sp³-hybridized carbons (Fsp3) is 0.571. The van der Waals surface area contributed by atoms with Crippen LogP contribution in [0.5, 0.6) is 0 Å². The van der Waals surface area contributed by atoms with E-state index in [-0.39, 0.29) is 40.6 Å². The molecule has 1 N–H and O–H groups in total. The maximum Gasteiger partial charge on any atom is 1.00 e. The number of hydrogen-bond acceptors (Lipinski definition) is 5. The van der Waals surface area contributed by atoms with Gasteiger partial charge in [-0.15, -0.1) is 0 Å². The van der Waals surface area contributed by atoms with Crippen molar-refractivity contribution in [1.82, 2.24) is 0 Å². The summed E-state index contributed by atoms with van der Waals surface area (Å²) in [5, 5.41) is 0. The smallest absolute Gasteiger partial charge is 0.870 e. The maximum atomic E-state index is 10.7. The summed E-state index contributed by atoms with van der Waals surface area (Å²) < 4.78 is 13.7. The largest absolute Gasteiger partial charge is 1.00 e. The molecule has 0 saturated carbocycles. The van der Waals surface area contributed by atoms with E-state index < -0.39 is 12.3 Å². The first-order chi connectivity index (χ1) is 5.17. The molecule has 0 atom stereocenters. The fourth-order valence-corrected chi connectivity index (χ4v) is 0.564. The SMILES string of the molecule is [CH-]=C(C(=O)OC)C(OC)OC.[Na+].[OH-]. The van der Waals surface area contributed by atoms with Gasteiger partial charge in [0.1, 0.15) is 0 Å². The van der Waals surface area contributed by atoms with Crippen LogP contribution >= 0.6 is 0 Å². The molecular weight excluding hydrogens is 187 g/mol. The first kappa shape index (κ1) is 18.8. The molecule has 0 aliphatic heterocycles. The Bertz CT molecular complexity index is 155. The molecule has 6 heteroatoms. The summed E-state index contributed by atoms with van der Waals surface area (Å²) in [5.41, 5.74) is -0.0995. The van der Waals surface area contributed by atoms with E-state index in [1.165, 1.54) is 21.3 Å². The molecular formula is C7H12NaO5-. The third kappa shape index (κ3) is 6.20. The van der Waals surface area contributed by atoms with Gasteiger partial charge in [0, 0.05) is 14.2 Å². The Balaban J connectivity index is -0.000000500. The number of rotatable bonds is 4. The molecule has 72 valence electrons. The minimum atomic E-state index is -0.831. The molecule has 0 aromatic rings. The zero-order valence-electron chi connectivity index (χ0n) is 8.23. The molecule has 0 spiro atoms. The molecule has 0 aliphatic carbocycles. The number of carbonyl (C=O) groups is 1. The predicted octanol–water partition coefficient (Wildman–Crippen LogP) is -3.04. The summed E-state index contributed by atoms with van der Waals surface area (Å²) in [6.45, 7) is 5.29. The molecule has 0 bridgehead atoms. The molecule has 0 unspecified atom stereocenters. The maximum absolute atomic E-state index is 10.7. The van der Waals surface area contributed by atoms with Crippen molar-refractivity contribution >= 4 is 5.97 Å². The predicted molar refractivity (Wildman–Crippen MR) is 39.6 cm³/mol. The number of esters is 1. The second kappa shape index (κ2) is 10.2. The zero-order valence-corrected chi connectivity index (χ0v) is 10.2. The fourth-order valence-electron chi connectivity index (χ4n) is 0.564. The van der Waals surface area contributed by atoms with E-state index in [1.807, 2.05) is 0 Å². The van der Waals surface area contributed by atoms with E-state index >= 15 is 0 Å². The summed E-state index contributed by atoms with van der Waals surface area (Å²) in [6, 6.07) is 0. The van der Waals surface area contributed by atoms with E-state index in [4.69, 9.17) is 16.1 Å². The Morgan fingerprint density at radius 1 is 1.23 bits per heavy atom. The van der Waals surface area contributed by atoms with Crippen molar-refractivity contribution in [2.75, 3.05) is 21.3 Å². The minimum Gasteiger partial charge on any atom is -0.870 e. The van der Waals surface area contributed by atoms with Crippen LogP contribution in [-0.4, -0.2) is 39.1 Å². The summed E-state index contributed by atoms with van der Waals surface area (Å²) >= 11 is 0. The van der Waals surface area contributed by atoms with Crippen molar-refractivity contribution in [2.45, 2.75) is 6.29 Å². The van der Waals surface area contributed by atoms with Crippen LogP contribution in [0.15, 0.2) is 5.57 Å². The van der Waals surface area contributed by atoms with Crippen molar-refractivity contribution in [3.8, 4) is 0 Å². The number of hydrogen-bond donors (Lipinski definition) is 0. The van der Waals surface area contributed by atoms with Gasteiger partial charge in [-0.1, -0.05) is 5.57 Å². The van der Waals surface area contributed by atoms with Crippen molar-refractivity contribution in [3.63, 3.8) is 0 Å². The molecule has 0 aromatic heterocycles. The monoisotopic (exact) mass is 199 g/mol. The van der Waals surface area contributed by atoms with Gasteiger partial charge in [0.15, 0.2) is 12.3 Å². The van der Waals surface area contributed by atoms with Crippen LogP contribution < -0.4 is 29.6 Å². The van der Waals surface area contributed by atoms with Gasteiger partial charge in [-0.25, -0.2) is 0 Å². The third-order valence-corrected chi connectivity index (χ3v) is 1.10. The first-order valence-corrected chi connectivity index (χ1v) is 2.93. The van der Waals surface area contributed by atoms with Gasteiger partial charge in [-0.3, -0.25) is 6.58 Å². The summed E-state index contributed by atoms with van der Waals surface area (Å²) in [6.07, 6.45) is -0.831. The molecule has 0 amide bonds. The van der Waals surface area contributed by atoms with Gasteiger partial charge in [-0.2, -0.15) is 0 Å². The van der Waals surface area contributed by atoms with Gasteiger partial charge in [0.2, 0.25) is 0 Å². The molecule has 0 aromatic carbocycles. The Labute approximate surface area is 99.6 Å². The Hall–Kier alpha value is 0.0900. The number of carbonyl (C=O) groups excluding carboxylic acids is 1. The first-order valence-electron chi connectivity index (χ1n) is 2.93. The number of ether oxygens (including phenoxy) is 3. The van der Waals surface area contributed by atoms with Crippen LogP contribution in [0.1, 0.15) is 0 Å². The van der Waals surface area contributed by atoms with Crippen LogP contribution in [0.2, 0.25) is 0 Å². The third-order valence-electron chi connectivity index (χ3n) is 1.10. The van der Waals surface area contributed by atoms with Gasteiger partial charge >= 0.3 is 29.6 Å². The molecule has 0 aliphatic rings. The van der Waals surface area contributed by atoms with Crippen molar-refractivity contribution in [1.29, 1.82) is 0 Å². The second-order valence-electron chi connectivity index (χ2n) is 1.75. The second-order valence-corrected chi connectivity index (χ2v) is 1.75. The van der Waals surface area contributed by atoms with Gasteiger partial charge in [-0.05, 0) is 0 Å². The van der Waals surface area contributed by atoms with Crippen LogP contribution in [0, 0.1) is 6.58 Å². The average molecular weight is 199 g/mol. The van der Waals surface area contributed by atoms with Crippen molar-refractivity contribution in [3.05, 3.63) is 12.2 Å². The van der Waals surface area contributed by atoms with E-state index in [9.17, 15) is 4.79 Å². The normalized spacial score (nSPS) is 8.31. The van der Waals surface area contributed by atoms with E-state index in [0.717, 1.165) is 0 Å². The topological polar surface area (TPSA) is 74.8 Å². The average Bonchev–Trinajstić information content (AvgIpc) is 2.05. The van der Waals surface area contributed by atoms with Crippen molar-refractivity contribution in [2.24, 2.45) is 0 Å². The number of methoxy groups -OCH3 is 3. The molecule has 0 fully saturated rings. The molecule has 0 radical (unpaired) electrons. The quantitative estimate of drug-likeness (QED) is 0.158.